The third kappa shape index (κ3) is 2.71. The topological polar surface area (TPSA) is 84.5 Å². The minimum absolute atomic E-state index is 0.0439. The zero-order chi connectivity index (χ0) is 14.9. The Kier molecular flexibility index (Phi) is 3.87. The predicted molar refractivity (Wildman–Crippen MR) is 71.3 cm³/mol. The molecule has 2 rings (SSSR count). The van der Waals surface area contributed by atoms with Crippen molar-refractivity contribution >= 4 is 12.6 Å². The summed E-state index contributed by atoms with van der Waals surface area (Å²) in [5.74, 6) is -0.617. The van der Waals surface area contributed by atoms with Gasteiger partial charge in [0.25, 0.3) is 0 Å². The van der Waals surface area contributed by atoms with Gasteiger partial charge < -0.3 is 19.2 Å². The van der Waals surface area contributed by atoms with Crippen LogP contribution >= 0.6 is 0 Å². The van der Waals surface area contributed by atoms with Crippen molar-refractivity contribution in [1.82, 2.24) is 9.13 Å². The van der Waals surface area contributed by atoms with E-state index in [0.717, 1.165) is 21.3 Å². The smallest absolute Gasteiger partial charge is 0.423 e. The molecule has 1 aromatic heterocycles. The van der Waals surface area contributed by atoms with Gasteiger partial charge in [-0.25, -0.2) is 4.39 Å². The fourth-order valence-electron chi connectivity index (χ4n) is 1.85. The van der Waals surface area contributed by atoms with Crippen molar-refractivity contribution in [2.45, 2.75) is 6.54 Å². The molecule has 0 amide bonds. The molecular weight excluding hydrogens is 266 g/mol. The molecule has 1 aromatic carbocycles. The maximum Gasteiger partial charge on any atom is 0.488 e. The molecule has 0 fully saturated rings. The van der Waals surface area contributed by atoms with Crippen LogP contribution in [-0.2, 0) is 13.6 Å². The highest BCUT2D eigenvalue weighted by atomic mass is 19.1. The predicted octanol–water partition coefficient (Wildman–Crippen LogP) is -1.59. The Morgan fingerprint density at radius 2 is 1.90 bits per heavy atom. The Morgan fingerprint density at radius 1 is 1.20 bits per heavy atom. The Morgan fingerprint density at radius 3 is 2.55 bits per heavy atom. The second-order valence-electron chi connectivity index (χ2n) is 4.36. The van der Waals surface area contributed by atoms with Crippen molar-refractivity contribution in [2.75, 3.05) is 0 Å². The summed E-state index contributed by atoms with van der Waals surface area (Å²) in [6.45, 7) is -0.0534. The van der Waals surface area contributed by atoms with Crippen LogP contribution in [0.5, 0.6) is 0 Å². The van der Waals surface area contributed by atoms with Crippen LogP contribution in [0.4, 0.5) is 4.39 Å². The first-order valence-corrected chi connectivity index (χ1v) is 5.80. The Bertz CT molecular complexity index is 754. The summed E-state index contributed by atoms with van der Waals surface area (Å²) < 4.78 is 15.4. The molecule has 0 unspecified atom stereocenters. The van der Waals surface area contributed by atoms with E-state index in [-0.39, 0.29) is 12.0 Å². The van der Waals surface area contributed by atoms with Gasteiger partial charge in [0.05, 0.1) is 6.54 Å². The lowest BCUT2D eigenvalue weighted by molar-refractivity contribution is 0.424. The van der Waals surface area contributed by atoms with Gasteiger partial charge in [-0.2, -0.15) is 0 Å². The molecule has 0 bridgehead atoms. The van der Waals surface area contributed by atoms with Gasteiger partial charge in [0.1, 0.15) is 5.82 Å². The van der Waals surface area contributed by atoms with Gasteiger partial charge in [-0.15, -0.1) is 0 Å². The number of nitrogens with zero attached hydrogens (tertiary/aromatic N) is 2. The van der Waals surface area contributed by atoms with E-state index in [0.29, 0.717) is 5.56 Å². The molecule has 0 aliphatic heterocycles. The monoisotopic (exact) mass is 278 g/mol. The standard InChI is InChI=1S/C12H12BFN2O4/c1-15-4-5-16(12(18)11(15)17)7-8-2-3-9(14)6-10(8)13(19)20/h2-6,19-20H,7H2,1H3. The molecule has 0 aliphatic rings. The van der Waals surface area contributed by atoms with E-state index in [1.165, 1.54) is 25.5 Å². The van der Waals surface area contributed by atoms with E-state index in [1.54, 1.807) is 0 Å². The minimum atomic E-state index is -1.86. The Balaban J connectivity index is 2.48. The normalized spacial score (nSPS) is 10.6. The van der Waals surface area contributed by atoms with Crippen molar-refractivity contribution in [3.8, 4) is 0 Å². The Hall–Kier alpha value is -2.19. The van der Waals surface area contributed by atoms with Crippen LogP contribution < -0.4 is 16.6 Å². The average molecular weight is 278 g/mol. The van der Waals surface area contributed by atoms with Crippen LogP contribution in [0.3, 0.4) is 0 Å². The number of hydrogen-bond donors (Lipinski definition) is 2. The van der Waals surface area contributed by atoms with Gasteiger partial charge in [-0.3, -0.25) is 9.59 Å². The molecule has 0 aliphatic carbocycles. The zero-order valence-corrected chi connectivity index (χ0v) is 10.7. The first-order chi connectivity index (χ1) is 9.40. The molecule has 0 saturated carbocycles. The first kappa shape index (κ1) is 14.2. The van der Waals surface area contributed by atoms with Crippen molar-refractivity contribution in [2.24, 2.45) is 7.05 Å². The molecule has 20 heavy (non-hydrogen) atoms. The minimum Gasteiger partial charge on any atom is -0.423 e. The maximum absolute atomic E-state index is 13.1. The highest BCUT2D eigenvalue weighted by Crippen LogP contribution is 2.03. The molecule has 2 N–H and O–H groups in total. The first-order valence-electron chi connectivity index (χ1n) is 5.80. The lowest BCUT2D eigenvalue weighted by Crippen LogP contribution is -2.41. The second kappa shape index (κ2) is 5.44. The number of halogens is 1. The summed E-state index contributed by atoms with van der Waals surface area (Å²) in [5.41, 5.74) is -1.13. The molecule has 0 radical (unpaired) electrons. The van der Waals surface area contributed by atoms with Gasteiger partial charge >= 0.3 is 18.2 Å². The molecule has 2 aromatic rings. The third-order valence-corrected chi connectivity index (χ3v) is 2.96. The van der Waals surface area contributed by atoms with Crippen molar-refractivity contribution in [1.29, 1.82) is 0 Å². The largest absolute Gasteiger partial charge is 0.488 e. The summed E-state index contributed by atoms with van der Waals surface area (Å²) in [6.07, 6.45) is 2.82. The van der Waals surface area contributed by atoms with Crippen LogP contribution in [0.2, 0.25) is 0 Å². The summed E-state index contributed by atoms with van der Waals surface area (Å²) in [7, 11) is -0.405. The fraction of sp³-hybridized carbons (Fsp3) is 0.167. The van der Waals surface area contributed by atoms with Gasteiger partial charge in [-0.1, -0.05) is 6.07 Å². The summed E-state index contributed by atoms with van der Waals surface area (Å²) >= 11 is 0. The number of hydrogen-bond acceptors (Lipinski definition) is 4. The number of benzene rings is 1. The fourth-order valence-corrected chi connectivity index (χ4v) is 1.85. The average Bonchev–Trinajstić information content (AvgIpc) is 2.41. The molecule has 8 heteroatoms. The van der Waals surface area contributed by atoms with Crippen LogP contribution in [0.1, 0.15) is 5.56 Å². The van der Waals surface area contributed by atoms with Gasteiger partial charge in [-0.05, 0) is 23.2 Å². The van der Waals surface area contributed by atoms with Crippen LogP contribution in [0.25, 0.3) is 0 Å². The number of aromatic nitrogens is 2. The zero-order valence-electron chi connectivity index (χ0n) is 10.7. The van der Waals surface area contributed by atoms with Gasteiger partial charge in [0.2, 0.25) is 0 Å². The van der Waals surface area contributed by atoms with Crippen molar-refractivity contribution < 1.29 is 14.4 Å². The van der Waals surface area contributed by atoms with Crippen LogP contribution in [0, 0.1) is 5.82 Å². The molecule has 0 saturated heterocycles. The SMILES string of the molecule is Cn1ccn(Cc2ccc(F)cc2B(O)O)c(=O)c1=O. The number of rotatable bonds is 3. The van der Waals surface area contributed by atoms with E-state index in [1.807, 2.05) is 0 Å². The summed E-state index contributed by atoms with van der Waals surface area (Å²) in [6, 6.07) is 3.47. The highest BCUT2D eigenvalue weighted by molar-refractivity contribution is 6.59. The van der Waals surface area contributed by atoms with Crippen LogP contribution in [0.15, 0.2) is 40.2 Å². The van der Waals surface area contributed by atoms with Crippen LogP contribution in [-0.4, -0.2) is 26.3 Å². The van der Waals surface area contributed by atoms with Crippen molar-refractivity contribution in [3.05, 3.63) is 62.7 Å². The molecule has 0 spiro atoms. The van der Waals surface area contributed by atoms with E-state index >= 15 is 0 Å². The molecule has 6 nitrogen and oxygen atoms in total. The maximum atomic E-state index is 13.1. The van der Waals surface area contributed by atoms with Gasteiger partial charge in [0, 0.05) is 19.4 Å². The van der Waals surface area contributed by atoms with Crippen molar-refractivity contribution in [3.63, 3.8) is 0 Å². The lowest BCUT2D eigenvalue weighted by Gasteiger charge is -2.11. The molecule has 0 atom stereocenters. The highest BCUT2D eigenvalue weighted by Gasteiger charge is 2.17. The molecular formula is C12H12BFN2O4. The molecule has 104 valence electrons. The van der Waals surface area contributed by atoms with E-state index < -0.39 is 24.1 Å². The summed E-state index contributed by atoms with van der Waals surface area (Å²) in [4.78, 5) is 23.3. The second-order valence-corrected chi connectivity index (χ2v) is 4.36. The van der Waals surface area contributed by atoms with E-state index in [9.17, 15) is 24.0 Å². The lowest BCUT2D eigenvalue weighted by atomic mass is 9.77. The summed E-state index contributed by atoms with van der Waals surface area (Å²) in [5, 5.41) is 18.4. The Labute approximate surface area is 113 Å². The molecule has 1 heterocycles. The van der Waals surface area contributed by atoms with E-state index in [2.05, 4.69) is 0 Å². The van der Waals surface area contributed by atoms with Gasteiger partial charge in [0.15, 0.2) is 0 Å². The quantitative estimate of drug-likeness (QED) is 0.524. The number of aryl methyl sites for hydroxylation is 1. The third-order valence-electron chi connectivity index (χ3n) is 2.96. The van der Waals surface area contributed by atoms with E-state index in [4.69, 9.17) is 0 Å².